The van der Waals surface area contributed by atoms with E-state index in [0.717, 1.165) is 57.5 Å². The second kappa shape index (κ2) is 6.07. The van der Waals surface area contributed by atoms with Crippen LogP contribution in [0, 0.1) is 5.92 Å². The minimum atomic E-state index is -0.444. The Balaban J connectivity index is 2.00. The quantitative estimate of drug-likeness (QED) is 0.782. The fourth-order valence-electron chi connectivity index (χ4n) is 3.22. The highest BCUT2D eigenvalue weighted by molar-refractivity contribution is 7.80. The maximum absolute atomic E-state index is 12.3. The van der Waals surface area contributed by atoms with E-state index in [9.17, 15) is 4.79 Å². The van der Waals surface area contributed by atoms with Gasteiger partial charge in [-0.25, -0.2) is 4.79 Å². The molecule has 1 saturated carbocycles. The van der Waals surface area contributed by atoms with Crippen molar-refractivity contribution < 1.29 is 4.79 Å². The molecule has 1 saturated heterocycles. The third kappa shape index (κ3) is 3.19. The van der Waals surface area contributed by atoms with Crippen LogP contribution in [0.2, 0.25) is 0 Å². The third-order valence-corrected chi connectivity index (χ3v) is 5.14. The Kier molecular flexibility index (Phi) is 4.66. The highest BCUT2D eigenvalue weighted by Gasteiger charge is 2.39. The van der Waals surface area contributed by atoms with Crippen LogP contribution >= 0.6 is 12.2 Å². The Morgan fingerprint density at radius 2 is 1.95 bits per heavy atom. The zero-order chi connectivity index (χ0) is 13.9. The van der Waals surface area contributed by atoms with Crippen LogP contribution in [-0.4, -0.2) is 34.5 Å². The molecule has 4 nitrogen and oxygen atoms in total. The van der Waals surface area contributed by atoms with Gasteiger partial charge in [-0.3, -0.25) is 0 Å². The van der Waals surface area contributed by atoms with Gasteiger partial charge in [0.2, 0.25) is 0 Å². The van der Waals surface area contributed by atoms with Crippen molar-refractivity contribution in [3.05, 3.63) is 0 Å². The van der Waals surface area contributed by atoms with Crippen molar-refractivity contribution in [1.82, 2.24) is 10.2 Å². The summed E-state index contributed by atoms with van der Waals surface area (Å²) in [7, 11) is 0. The van der Waals surface area contributed by atoms with Gasteiger partial charge in [0.1, 0.15) is 0 Å². The molecule has 2 rings (SSSR count). The van der Waals surface area contributed by atoms with Gasteiger partial charge < -0.3 is 16.0 Å². The summed E-state index contributed by atoms with van der Waals surface area (Å²) >= 11 is 5.24. The average Bonchev–Trinajstić information content (AvgIpc) is 2.93. The Hall–Kier alpha value is -0.840. The fourth-order valence-corrected chi connectivity index (χ4v) is 3.47. The number of nitrogens with one attached hydrogen (secondary N) is 1. The van der Waals surface area contributed by atoms with E-state index in [1.807, 2.05) is 4.90 Å². The number of hydrogen-bond acceptors (Lipinski definition) is 2. The topological polar surface area (TPSA) is 58.4 Å². The molecule has 0 unspecified atom stereocenters. The molecule has 5 heteroatoms. The van der Waals surface area contributed by atoms with E-state index in [1.54, 1.807) is 0 Å². The monoisotopic (exact) mass is 283 g/mol. The van der Waals surface area contributed by atoms with Crippen molar-refractivity contribution in [2.45, 2.75) is 57.4 Å². The van der Waals surface area contributed by atoms with Crippen LogP contribution in [-0.2, 0) is 0 Å². The first-order chi connectivity index (χ1) is 9.07. The van der Waals surface area contributed by atoms with Crippen LogP contribution < -0.4 is 11.1 Å². The normalized spacial score (nSPS) is 31.2. The van der Waals surface area contributed by atoms with Crippen LogP contribution in [0.25, 0.3) is 0 Å². The van der Waals surface area contributed by atoms with Crippen LogP contribution in [0.15, 0.2) is 0 Å². The lowest BCUT2D eigenvalue weighted by atomic mass is 9.75. The molecule has 108 valence electrons. The number of urea groups is 1. The minimum Gasteiger partial charge on any atom is -0.391 e. The van der Waals surface area contributed by atoms with Gasteiger partial charge in [0.05, 0.1) is 10.5 Å². The molecule has 0 atom stereocenters. The van der Waals surface area contributed by atoms with Gasteiger partial charge >= 0.3 is 6.03 Å². The molecule has 0 aromatic rings. The van der Waals surface area contributed by atoms with Gasteiger partial charge in [-0.15, -0.1) is 0 Å². The highest BCUT2D eigenvalue weighted by atomic mass is 32.1. The predicted molar refractivity (Wildman–Crippen MR) is 81.1 cm³/mol. The maximum Gasteiger partial charge on any atom is 0.318 e. The van der Waals surface area contributed by atoms with Crippen LogP contribution in [0.3, 0.4) is 0 Å². The number of amides is 2. The Morgan fingerprint density at radius 1 is 1.37 bits per heavy atom. The minimum absolute atomic E-state index is 0.0141. The van der Waals surface area contributed by atoms with E-state index < -0.39 is 5.54 Å². The lowest BCUT2D eigenvalue weighted by Gasteiger charge is -2.40. The Labute approximate surface area is 121 Å². The summed E-state index contributed by atoms with van der Waals surface area (Å²) in [6, 6.07) is 0.0141. The number of nitrogens with two attached hydrogens (primary N) is 1. The molecule has 0 bridgehead atoms. The van der Waals surface area contributed by atoms with Gasteiger partial charge in [0, 0.05) is 13.1 Å². The number of carbonyl (C=O) groups excluding carboxylic acids is 1. The van der Waals surface area contributed by atoms with Crippen molar-refractivity contribution in [3.63, 3.8) is 0 Å². The van der Waals surface area contributed by atoms with Crippen LogP contribution in [0.4, 0.5) is 4.79 Å². The van der Waals surface area contributed by atoms with Gasteiger partial charge in [-0.2, -0.15) is 0 Å². The lowest BCUT2D eigenvalue weighted by Crippen LogP contribution is -2.60. The maximum atomic E-state index is 12.3. The van der Waals surface area contributed by atoms with Crippen molar-refractivity contribution in [1.29, 1.82) is 0 Å². The van der Waals surface area contributed by atoms with Crippen molar-refractivity contribution >= 4 is 23.2 Å². The largest absolute Gasteiger partial charge is 0.391 e. The summed E-state index contributed by atoms with van der Waals surface area (Å²) < 4.78 is 0. The molecule has 0 aromatic carbocycles. The average molecular weight is 283 g/mol. The summed E-state index contributed by atoms with van der Waals surface area (Å²) in [5.41, 5.74) is 5.49. The van der Waals surface area contributed by atoms with Crippen LogP contribution in [0.1, 0.15) is 51.9 Å². The van der Waals surface area contributed by atoms with Crippen molar-refractivity contribution in [3.8, 4) is 0 Å². The molecule has 2 aliphatic rings. The molecule has 19 heavy (non-hydrogen) atoms. The van der Waals surface area contributed by atoms with Gasteiger partial charge in [-0.05, 0) is 44.4 Å². The van der Waals surface area contributed by atoms with Gasteiger partial charge in [-0.1, -0.05) is 25.6 Å². The van der Waals surface area contributed by atoms with Crippen LogP contribution in [0.5, 0.6) is 0 Å². The predicted octanol–water partition coefficient (Wildman–Crippen LogP) is 2.42. The summed E-state index contributed by atoms with van der Waals surface area (Å²) in [6.45, 7) is 3.94. The summed E-state index contributed by atoms with van der Waals surface area (Å²) in [4.78, 5) is 14.6. The number of hydrogen-bond donors (Lipinski definition) is 2. The highest BCUT2D eigenvalue weighted by Crippen LogP contribution is 2.34. The first-order valence-corrected chi connectivity index (χ1v) is 7.85. The van der Waals surface area contributed by atoms with Crippen molar-refractivity contribution in [2.75, 3.05) is 13.1 Å². The van der Waals surface area contributed by atoms with E-state index >= 15 is 0 Å². The molecule has 2 amide bonds. The Bertz CT molecular complexity index is 345. The molecular formula is C14H25N3OS. The molecule has 1 aliphatic heterocycles. The zero-order valence-corrected chi connectivity index (χ0v) is 12.6. The number of rotatable bonds is 3. The molecule has 2 fully saturated rings. The van der Waals surface area contributed by atoms with E-state index in [-0.39, 0.29) is 6.03 Å². The van der Waals surface area contributed by atoms with E-state index in [2.05, 4.69) is 12.2 Å². The molecule has 0 spiro atoms. The third-order valence-electron chi connectivity index (χ3n) is 4.75. The lowest BCUT2D eigenvalue weighted by molar-refractivity contribution is 0.185. The standard InChI is InChI=1S/C14H25N3OS/c1-2-11-5-7-14(8-6-11,12(15)19)16-13(18)17-9-3-4-10-17/h11H,2-10H2,1H3,(H2,15,19)(H,16,18). The molecule has 1 aliphatic carbocycles. The molecule has 1 heterocycles. The smallest absolute Gasteiger partial charge is 0.318 e. The fraction of sp³-hybridized carbons (Fsp3) is 0.857. The number of likely N-dealkylation sites (tertiary alicyclic amines) is 1. The summed E-state index contributed by atoms with van der Waals surface area (Å²) in [5, 5.41) is 3.14. The second-order valence-corrected chi connectivity index (χ2v) is 6.36. The summed E-state index contributed by atoms with van der Waals surface area (Å²) in [5.74, 6) is 0.756. The number of thiocarbonyl (C=S) groups is 1. The number of carbonyl (C=O) groups is 1. The summed E-state index contributed by atoms with van der Waals surface area (Å²) in [6.07, 6.45) is 7.40. The first-order valence-electron chi connectivity index (χ1n) is 7.44. The van der Waals surface area contributed by atoms with Crippen molar-refractivity contribution in [2.24, 2.45) is 11.7 Å². The van der Waals surface area contributed by atoms with E-state index in [1.165, 1.54) is 6.42 Å². The SMILES string of the molecule is CCC1CCC(NC(=O)N2CCCC2)(C(N)=S)CC1. The molecule has 0 aromatic heterocycles. The molecule has 3 N–H and O–H groups in total. The second-order valence-electron chi connectivity index (χ2n) is 5.92. The van der Waals surface area contributed by atoms with Gasteiger partial charge in [0.25, 0.3) is 0 Å². The zero-order valence-electron chi connectivity index (χ0n) is 11.8. The molecule has 0 radical (unpaired) electrons. The number of nitrogens with zero attached hydrogens (tertiary/aromatic N) is 1. The van der Waals surface area contributed by atoms with Gasteiger partial charge in [0.15, 0.2) is 0 Å². The molecular weight excluding hydrogens is 258 g/mol. The van der Waals surface area contributed by atoms with E-state index in [4.69, 9.17) is 18.0 Å². The first kappa shape index (κ1) is 14.6. The Morgan fingerprint density at radius 3 is 2.42 bits per heavy atom. The van der Waals surface area contributed by atoms with E-state index in [0.29, 0.717) is 4.99 Å².